The number of hydrogen-bond acceptors (Lipinski definition) is 9. The van der Waals surface area contributed by atoms with Gasteiger partial charge in [0.2, 0.25) is 0 Å². The molecule has 3 rings (SSSR count). The Bertz CT molecular complexity index is 893. The number of benzene rings is 2. The summed E-state index contributed by atoms with van der Waals surface area (Å²) in [5.74, 6) is -0.567. The Morgan fingerprint density at radius 1 is 0.969 bits per heavy atom. The number of carbonyl (C=O) groups is 1. The van der Waals surface area contributed by atoms with E-state index in [0.717, 1.165) is 11.6 Å². The molecule has 1 heterocycles. The molecule has 172 valence electrons. The second-order valence-corrected chi connectivity index (χ2v) is 7.32. The lowest BCUT2D eigenvalue weighted by Crippen LogP contribution is -2.60. The van der Waals surface area contributed by atoms with Gasteiger partial charge in [0.05, 0.1) is 13.2 Å². The first-order valence-corrected chi connectivity index (χ1v) is 10.1. The molecule has 1 aliphatic heterocycles. The van der Waals surface area contributed by atoms with Gasteiger partial charge >= 0.3 is 5.97 Å². The molecule has 2 aromatic rings. The zero-order valence-electron chi connectivity index (χ0n) is 17.2. The van der Waals surface area contributed by atoms with E-state index in [1.54, 1.807) is 36.4 Å². The fraction of sp³-hybridized carbons (Fsp3) is 0.348. The molecule has 9 heteroatoms. The topological polar surface area (TPSA) is 146 Å². The number of phenolic OH excluding ortho intramolecular Hbond substituents is 2. The molecule has 32 heavy (non-hydrogen) atoms. The van der Waals surface area contributed by atoms with Crippen LogP contribution in [0.1, 0.15) is 11.1 Å². The quantitative estimate of drug-likeness (QED) is 0.292. The minimum Gasteiger partial charge on any atom is -0.508 e. The van der Waals surface area contributed by atoms with Crippen LogP contribution in [0.2, 0.25) is 0 Å². The third-order valence-corrected chi connectivity index (χ3v) is 4.99. The van der Waals surface area contributed by atoms with Crippen molar-refractivity contribution in [3.63, 3.8) is 0 Å². The average Bonchev–Trinajstić information content (AvgIpc) is 2.79. The molecule has 0 amide bonds. The highest BCUT2D eigenvalue weighted by atomic mass is 16.7. The van der Waals surface area contributed by atoms with Gasteiger partial charge in [0.1, 0.15) is 29.8 Å². The summed E-state index contributed by atoms with van der Waals surface area (Å²) in [5.41, 5.74) is 1.53. The molecular weight excluding hydrogens is 420 g/mol. The van der Waals surface area contributed by atoms with E-state index in [1.165, 1.54) is 18.2 Å². The lowest BCUT2D eigenvalue weighted by molar-refractivity contribution is -0.302. The first-order chi connectivity index (χ1) is 15.4. The van der Waals surface area contributed by atoms with Gasteiger partial charge in [-0.25, -0.2) is 4.79 Å². The first kappa shape index (κ1) is 23.7. The third kappa shape index (κ3) is 6.28. The van der Waals surface area contributed by atoms with Crippen LogP contribution < -0.4 is 0 Å². The van der Waals surface area contributed by atoms with Crippen molar-refractivity contribution in [2.75, 3.05) is 13.2 Å². The van der Waals surface area contributed by atoms with E-state index in [0.29, 0.717) is 12.0 Å². The highest BCUT2D eigenvalue weighted by molar-refractivity contribution is 5.87. The smallest absolute Gasteiger partial charge is 0.331 e. The molecule has 0 saturated carbocycles. The number of rotatable bonds is 8. The summed E-state index contributed by atoms with van der Waals surface area (Å²) < 4.78 is 16.2. The van der Waals surface area contributed by atoms with Gasteiger partial charge in [-0.3, -0.25) is 0 Å². The predicted octanol–water partition coefficient (Wildman–Crippen LogP) is 0.721. The fourth-order valence-corrected chi connectivity index (χ4v) is 3.21. The van der Waals surface area contributed by atoms with Crippen molar-refractivity contribution in [3.8, 4) is 11.5 Å². The molecule has 0 unspecified atom stereocenters. The van der Waals surface area contributed by atoms with Crippen molar-refractivity contribution < 1.29 is 44.5 Å². The fourth-order valence-electron chi connectivity index (χ4n) is 3.21. The van der Waals surface area contributed by atoms with Crippen LogP contribution in [0, 0.1) is 0 Å². The maximum atomic E-state index is 12.2. The van der Waals surface area contributed by atoms with E-state index in [2.05, 4.69) is 0 Å². The molecule has 0 bridgehead atoms. The molecular formula is C23H26O9. The van der Waals surface area contributed by atoms with Crippen molar-refractivity contribution in [1.29, 1.82) is 0 Å². The average molecular weight is 446 g/mol. The highest BCUT2D eigenvalue weighted by Gasteiger charge is 2.46. The Labute approximate surface area is 184 Å². The van der Waals surface area contributed by atoms with Crippen molar-refractivity contribution in [2.24, 2.45) is 0 Å². The van der Waals surface area contributed by atoms with Gasteiger partial charge in [0, 0.05) is 6.08 Å². The molecule has 5 N–H and O–H groups in total. The third-order valence-electron chi connectivity index (χ3n) is 4.99. The maximum Gasteiger partial charge on any atom is 0.331 e. The van der Waals surface area contributed by atoms with Gasteiger partial charge in [-0.05, 0) is 47.9 Å². The summed E-state index contributed by atoms with van der Waals surface area (Å²) in [6.07, 6.45) is -3.61. The van der Waals surface area contributed by atoms with Crippen molar-refractivity contribution in [3.05, 3.63) is 65.7 Å². The number of esters is 1. The summed E-state index contributed by atoms with van der Waals surface area (Å²) in [6, 6.07) is 12.7. The summed E-state index contributed by atoms with van der Waals surface area (Å²) in [4.78, 5) is 12.2. The SMILES string of the molecule is O=C(/C=C/c1ccc(O)cc1)O[C@H]1[C@H](O)[C@@H](O)[C@H](OCCc2ccc(O)cc2)O[C@@H]1CO. The van der Waals surface area contributed by atoms with E-state index in [4.69, 9.17) is 14.2 Å². The van der Waals surface area contributed by atoms with E-state index in [1.807, 2.05) is 0 Å². The Hall–Kier alpha value is -2.95. The molecule has 0 radical (unpaired) electrons. The molecule has 5 atom stereocenters. The van der Waals surface area contributed by atoms with Crippen LogP contribution in [0.5, 0.6) is 11.5 Å². The maximum absolute atomic E-state index is 12.2. The van der Waals surface area contributed by atoms with E-state index >= 15 is 0 Å². The Morgan fingerprint density at radius 3 is 2.22 bits per heavy atom. The molecule has 0 spiro atoms. The van der Waals surface area contributed by atoms with Crippen LogP contribution in [-0.4, -0.2) is 75.4 Å². The lowest BCUT2D eigenvalue weighted by Gasteiger charge is -2.41. The van der Waals surface area contributed by atoms with Crippen LogP contribution >= 0.6 is 0 Å². The monoisotopic (exact) mass is 446 g/mol. The minimum atomic E-state index is -1.54. The molecule has 1 aliphatic rings. The highest BCUT2D eigenvalue weighted by Crippen LogP contribution is 2.25. The standard InChI is InChI=1S/C23H26O9/c24-13-18-22(32-19(27)10-5-14-1-6-16(25)7-2-14)20(28)21(29)23(31-18)30-12-11-15-3-8-17(26)9-4-15/h1-10,18,20-26,28-29H,11-13H2/b10-5+/t18-,20-,21-,22-,23-/m1/s1. The summed E-state index contributed by atoms with van der Waals surface area (Å²) >= 11 is 0. The number of phenols is 2. The van der Waals surface area contributed by atoms with Crippen molar-refractivity contribution >= 4 is 12.0 Å². The summed E-state index contributed by atoms with van der Waals surface area (Å²) in [5, 5.41) is 49.0. The zero-order valence-corrected chi connectivity index (χ0v) is 17.2. The largest absolute Gasteiger partial charge is 0.508 e. The number of aromatic hydroxyl groups is 2. The van der Waals surface area contributed by atoms with Gasteiger partial charge in [0.15, 0.2) is 12.4 Å². The van der Waals surface area contributed by atoms with Crippen LogP contribution in [0.25, 0.3) is 6.08 Å². The Balaban J connectivity index is 1.54. The summed E-state index contributed by atoms with van der Waals surface area (Å²) in [7, 11) is 0. The molecule has 2 aromatic carbocycles. The number of ether oxygens (including phenoxy) is 3. The molecule has 0 aromatic heterocycles. The van der Waals surface area contributed by atoms with Crippen LogP contribution in [0.3, 0.4) is 0 Å². The first-order valence-electron chi connectivity index (χ1n) is 10.1. The predicted molar refractivity (Wildman–Crippen MR) is 113 cm³/mol. The number of carbonyl (C=O) groups excluding carboxylic acids is 1. The second kappa shape index (κ2) is 11.1. The van der Waals surface area contributed by atoms with E-state index in [9.17, 15) is 30.3 Å². The zero-order chi connectivity index (χ0) is 23.1. The van der Waals surface area contributed by atoms with E-state index < -0.39 is 43.3 Å². The van der Waals surface area contributed by atoms with Crippen LogP contribution in [-0.2, 0) is 25.4 Å². The van der Waals surface area contributed by atoms with Gasteiger partial charge in [0.25, 0.3) is 0 Å². The van der Waals surface area contributed by atoms with Gasteiger partial charge in [-0.2, -0.15) is 0 Å². The van der Waals surface area contributed by atoms with Crippen LogP contribution in [0.4, 0.5) is 0 Å². The molecule has 1 fully saturated rings. The lowest BCUT2D eigenvalue weighted by atomic mass is 9.99. The summed E-state index contributed by atoms with van der Waals surface area (Å²) in [6.45, 7) is -0.418. The van der Waals surface area contributed by atoms with Crippen LogP contribution in [0.15, 0.2) is 54.6 Å². The normalized spacial score (nSPS) is 25.7. The molecule has 9 nitrogen and oxygen atoms in total. The van der Waals surface area contributed by atoms with Crippen molar-refractivity contribution in [1.82, 2.24) is 0 Å². The van der Waals surface area contributed by atoms with Gasteiger partial charge in [-0.1, -0.05) is 24.3 Å². The minimum absolute atomic E-state index is 0.0896. The Kier molecular flexibility index (Phi) is 8.20. The molecule has 1 saturated heterocycles. The molecule has 0 aliphatic carbocycles. The van der Waals surface area contributed by atoms with Gasteiger partial charge in [-0.15, -0.1) is 0 Å². The van der Waals surface area contributed by atoms with E-state index in [-0.39, 0.29) is 18.1 Å². The number of aliphatic hydroxyl groups is 3. The number of aliphatic hydroxyl groups excluding tert-OH is 3. The van der Waals surface area contributed by atoms with Gasteiger partial charge < -0.3 is 39.7 Å². The second-order valence-electron chi connectivity index (χ2n) is 7.32. The number of hydrogen-bond donors (Lipinski definition) is 5. The Morgan fingerprint density at radius 2 is 1.59 bits per heavy atom. The van der Waals surface area contributed by atoms with Crippen molar-refractivity contribution in [2.45, 2.75) is 37.1 Å².